The number of rotatable bonds is 0. The highest BCUT2D eigenvalue weighted by molar-refractivity contribution is 5.09. The van der Waals surface area contributed by atoms with Gasteiger partial charge in [0.15, 0.2) is 0 Å². The minimum absolute atomic E-state index is 0.137. The largest absolute Gasteiger partial charge is 0.301 e. The molecule has 0 spiro atoms. The van der Waals surface area contributed by atoms with Gasteiger partial charge in [-0.2, -0.15) is 0 Å². The van der Waals surface area contributed by atoms with Crippen molar-refractivity contribution in [1.29, 1.82) is 0 Å². The van der Waals surface area contributed by atoms with Gasteiger partial charge in [0.05, 0.1) is 6.04 Å². The zero-order valence-electron chi connectivity index (χ0n) is 10.0. The van der Waals surface area contributed by atoms with Gasteiger partial charge in [-0.3, -0.25) is 4.90 Å². The molecule has 0 bridgehead atoms. The molecule has 3 atom stereocenters. The highest BCUT2D eigenvalue weighted by atomic mass is 19.1. The van der Waals surface area contributed by atoms with Crippen molar-refractivity contribution in [2.45, 2.75) is 44.9 Å². The second kappa shape index (κ2) is 4.15. The monoisotopic (exact) mass is 202 g/mol. The summed E-state index contributed by atoms with van der Waals surface area (Å²) in [5.41, 5.74) is -0.928. The molecule has 2 rings (SSSR count). The lowest BCUT2D eigenvalue weighted by Crippen LogP contribution is -2.39. The van der Waals surface area contributed by atoms with Gasteiger partial charge in [0.25, 0.3) is 0 Å². The molecule has 0 aliphatic carbocycles. The van der Waals surface area contributed by atoms with E-state index in [0.717, 1.165) is 6.54 Å². The maximum absolute atomic E-state index is 14.2. The van der Waals surface area contributed by atoms with Gasteiger partial charge in [-0.05, 0) is 27.4 Å². The summed E-state index contributed by atoms with van der Waals surface area (Å²) in [5, 5.41) is 0. The van der Waals surface area contributed by atoms with Gasteiger partial charge < -0.3 is 4.90 Å². The van der Waals surface area contributed by atoms with Crippen LogP contribution in [0.15, 0.2) is 0 Å². The van der Waals surface area contributed by atoms with Crippen LogP contribution in [0.2, 0.25) is 0 Å². The number of nitrogens with zero attached hydrogens (tertiary/aromatic N) is 2. The van der Waals surface area contributed by atoms with Crippen LogP contribution in [0.5, 0.6) is 0 Å². The van der Waals surface area contributed by atoms with E-state index in [4.69, 9.17) is 0 Å². The Bertz CT molecular complexity index is 198. The van der Waals surface area contributed by atoms with E-state index in [1.807, 2.05) is 27.9 Å². The number of likely N-dealkylation sites (tertiary alicyclic amines) is 2. The lowest BCUT2D eigenvalue weighted by molar-refractivity contribution is 0.149. The number of halogens is 1. The Morgan fingerprint density at radius 2 is 1.86 bits per heavy atom. The molecule has 0 radical (unpaired) electrons. The van der Waals surface area contributed by atoms with Gasteiger partial charge in [0, 0.05) is 19.1 Å². The highest BCUT2D eigenvalue weighted by Crippen LogP contribution is 2.40. The van der Waals surface area contributed by atoms with E-state index < -0.39 is 5.67 Å². The van der Waals surface area contributed by atoms with E-state index in [0.29, 0.717) is 19.0 Å². The molecule has 14 heavy (non-hydrogen) atoms. The Balaban J connectivity index is 0.000000461. The van der Waals surface area contributed by atoms with Crippen LogP contribution in [0.4, 0.5) is 4.39 Å². The third-order valence-corrected chi connectivity index (χ3v) is 3.44. The van der Waals surface area contributed by atoms with Crippen molar-refractivity contribution in [2.75, 3.05) is 27.2 Å². The smallest absolute Gasteiger partial charge is 0.141 e. The van der Waals surface area contributed by atoms with E-state index in [2.05, 4.69) is 16.7 Å². The zero-order chi connectivity index (χ0) is 10.9. The molecule has 0 amide bonds. The molecule has 0 aromatic carbocycles. The molecular formula is C11H23FN2. The first-order valence-electron chi connectivity index (χ1n) is 5.62. The third kappa shape index (κ3) is 1.80. The predicted octanol–water partition coefficient (Wildman–Crippen LogP) is 1.76. The first-order valence-corrected chi connectivity index (χ1v) is 5.62. The molecule has 2 fully saturated rings. The van der Waals surface area contributed by atoms with Crippen molar-refractivity contribution in [3.05, 3.63) is 0 Å². The third-order valence-electron chi connectivity index (χ3n) is 3.44. The molecule has 0 N–H and O–H groups in total. The van der Waals surface area contributed by atoms with E-state index in [1.54, 1.807) is 0 Å². The molecule has 2 aliphatic rings. The predicted molar refractivity (Wildman–Crippen MR) is 58.3 cm³/mol. The summed E-state index contributed by atoms with van der Waals surface area (Å²) >= 11 is 0. The fourth-order valence-electron chi connectivity index (χ4n) is 2.71. The Kier molecular flexibility index (Phi) is 3.53. The minimum atomic E-state index is -0.928. The quantitative estimate of drug-likeness (QED) is 0.590. The number of alkyl halides is 1. The SMILES string of the molecule is CC.CC1CC2(F)CN(C)CC2N1C. The average Bonchev–Trinajstić information content (AvgIpc) is 2.51. The molecular weight excluding hydrogens is 179 g/mol. The summed E-state index contributed by atoms with van der Waals surface area (Å²) in [4.78, 5) is 4.27. The fourth-order valence-corrected chi connectivity index (χ4v) is 2.71. The summed E-state index contributed by atoms with van der Waals surface area (Å²) < 4.78 is 14.2. The van der Waals surface area contributed by atoms with Crippen LogP contribution in [-0.4, -0.2) is 54.7 Å². The van der Waals surface area contributed by atoms with Crippen molar-refractivity contribution in [3.8, 4) is 0 Å². The summed E-state index contributed by atoms with van der Waals surface area (Å²) in [6.07, 6.45) is 0.707. The van der Waals surface area contributed by atoms with Crippen molar-refractivity contribution in [2.24, 2.45) is 0 Å². The van der Waals surface area contributed by atoms with Crippen molar-refractivity contribution in [3.63, 3.8) is 0 Å². The first kappa shape index (κ1) is 11.9. The molecule has 0 aromatic rings. The lowest BCUT2D eigenvalue weighted by Gasteiger charge is -2.22. The van der Waals surface area contributed by atoms with E-state index in [9.17, 15) is 4.39 Å². The van der Waals surface area contributed by atoms with Crippen LogP contribution >= 0.6 is 0 Å². The Morgan fingerprint density at radius 3 is 2.36 bits per heavy atom. The number of hydrogen-bond acceptors (Lipinski definition) is 2. The molecule has 2 nitrogen and oxygen atoms in total. The van der Waals surface area contributed by atoms with Crippen LogP contribution in [0.25, 0.3) is 0 Å². The minimum Gasteiger partial charge on any atom is -0.301 e. The zero-order valence-corrected chi connectivity index (χ0v) is 10.0. The molecule has 2 saturated heterocycles. The van der Waals surface area contributed by atoms with Gasteiger partial charge >= 0.3 is 0 Å². The Hall–Kier alpha value is -0.150. The standard InChI is InChI=1S/C9H17FN2.C2H6/c1-7-4-9(10)6-11(2)5-8(9)12(7)3;1-2/h7-8H,4-6H2,1-3H3;1-2H3. The summed E-state index contributed by atoms with van der Waals surface area (Å²) in [5.74, 6) is 0. The van der Waals surface area contributed by atoms with Crippen LogP contribution in [0.1, 0.15) is 27.2 Å². The van der Waals surface area contributed by atoms with E-state index >= 15 is 0 Å². The number of likely N-dealkylation sites (N-methyl/N-ethyl adjacent to an activating group) is 2. The Morgan fingerprint density at radius 1 is 1.29 bits per heavy atom. The normalized spacial score (nSPS) is 43.3. The molecule has 0 aromatic heterocycles. The molecule has 3 unspecified atom stereocenters. The van der Waals surface area contributed by atoms with Crippen molar-refractivity contribution >= 4 is 0 Å². The summed E-state index contributed by atoms with van der Waals surface area (Å²) in [6, 6.07) is 0.547. The molecule has 3 heteroatoms. The van der Waals surface area contributed by atoms with Crippen LogP contribution in [-0.2, 0) is 0 Å². The fraction of sp³-hybridized carbons (Fsp3) is 1.00. The molecule has 0 saturated carbocycles. The Labute approximate surface area is 87.1 Å². The maximum atomic E-state index is 14.2. The van der Waals surface area contributed by atoms with Gasteiger partial charge in [-0.25, -0.2) is 4.39 Å². The summed E-state index contributed by atoms with van der Waals surface area (Å²) in [6.45, 7) is 7.61. The second-order valence-electron chi connectivity index (χ2n) is 4.47. The summed E-state index contributed by atoms with van der Waals surface area (Å²) in [7, 11) is 4.04. The maximum Gasteiger partial charge on any atom is 0.141 e. The molecule has 84 valence electrons. The van der Waals surface area contributed by atoms with Gasteiger partial charge in [0.2, 0.25) is 0 Å². The van der Waals surface area contributed by atoms with Crippen molar-refractivity contribution in [1.82, 2.24) is 9.80 Å². The van der Waals surface area contributed by atoms with E-state index in [-0.39, 0.29) is 6.04 Å². The number of fused-ring (bicyclic) bond motifs is 1. The van der Waals surface area contributed by atoms with Gasteiger partial charge in [0.1, 0.15) is 5.67 Å². The highest BCUT2D eigenvalue weighted by Gasteiger charge is 2.54. The average molecular weight is 202 g/mol. The number of hydrogen-bond donors (Lipinski definition) is 0. The topological polar surface area (TPSA) is 6.48 Å². The van der Waals surface area contributed by atoms with Crippen molar-refractivity contribution < 1.29 is 4.39 Å². The van der Waals surface area contributed by atoms with Crippen LogP contribution in [0, 0.1) is 0 Å². The molecule has 2 heterocycles. The van der Waals surface area contributed by atoms with Crippen LogP contribution in [0.3, 0.4) is 0 Å². The molecule has 2 aliphatic heterocycles. The van der Waals surface area contributed by atoms with E-state index in [1.165, 1.54) is 0 Å². The lowest BCUT2D eigenvalue weighted by atomic mass is 9.99. The van der Waals surface area contributed by atoms with Gasteiger partial charge in [-0.15, -0.1) is 0 Å². The second-order valence-corrected chi connectivity index (χ2v) is 4.47. The van der Waals surface area contributed by atoms with Gasteiger partial charge in [-0.1, -0.05) is 13.8 Å². The first-order chi connectivity index (χ1) is 6.53. The van der Waals surface area contributed by atoms with Crippen LogP contribution < -0.4 is 0 Å².